The molecule has 0 amide bonds. The van der Waals surface area contributed by atoms with E-state index in [2.05, 4.69) is 140 Å². The molecule has 7 aromatic rings. The lowest BCUT2D eigenvalue weighted by molar-refractivity contribution is 1.48. The quantitative estimate of drug-likeness (QED) is 0.170. The van der Waals surface area contributed by atoms with Crippen molar-refractivity contribution in [3.8, 4) is 17.2 Å². The van der Waals surface area contributed by atoms with Crippen molar-refractivity contribution in [2.24, 2.45) is 0 Å². The van der Waals surface area contributed by atoms with Crippen molar-refractivity contribution in [3.05, 3.63) is 157 Å². The predicted molar refractivity (Wildman–Crippen MR) is 173 cm³/mol. The van der Waals surface area contributed by atoms with Gasteiger partial charge in [0.2, 0.25) is 0 Å². The highest BCUT2D eigenvalue weighted by Crippen LogP contribution is 2.34. The third kappa shape index (κ3) is 3.81. The maximum Gasteiger partial charge on any atom is 0.181 e. The Balaban J connectivity index is 1.63. The minimum atomic E-state index is -2.79. The Kier molecular flexibility index (Phi) is 6.13. The van der Waals surface area contributed by atoms with Gasteiger partial charge in [0, 0.05) is 20.2 Å². The van der Waals surface area contributed by atoms with E-state index in [1.165, 1.54) is 40.9 Å². The Morgan fingerprint density at radius 1 is 0.525 bits per heavy atom. The largest absolute Gasteiger partial charge is 0.192 e. The van der Waals surface area contributed by atoms with Gasteiger partial charge in [-0.15, -0.1) is 11.3 Å². The zero-order valence-corrected chi connectivity index (χ0v) is 23.6. The molecule has 0 N–H and O–H groups in total. The maximum absolute atomic E-state index is 9.89. The molecule has 0 radical (unpaired) electrons. The second-order valence-electron chi connectivity index (χ2n) is 10.0. The van der Waals surface area contributed by atoms with E-state index in [1.54, 1.807) is 0 Å². The summed E-state index contributed by atoms with van der Waals surface area (Å²) in [5, 5.41) is 17.9. The summed E-state index contributed by atoms with van der Waals surface area (Å²) in [4.78, 5) is 0. The molecule has 7 rings (SSSR count). The van der Waals surface area contributed by atoms with Crippen molar-refractivity contribution < 1.29 is 0 Å². The van der Waals surface area contributed by atoms with Gasteiger partial charge in [0.1, 0.15) is 0 Å². The molecule has 0 aliphatic heterocycles. The summed E-state index contributed by atoms with van der Waals surface area (Å²) < 4.78 is 2.66. The minimum Gasteiger partial charge on any atom is -0.192 e. The van der Waals surface area contributed by atoms with E-state index < -0.39 is 8.07 Å². The van der Waals surface area contributed by atoms with Crippen LogP contribution in [0.4, 0.5) is 0 Å². The Morgan fingerprint density at radius 3 is 1.88 bits per heavy atom. The number of nitrogens with zero attached hydrogens (tertiary/aromatic N) is 1. The van der Waals surface area contributed by atoms with Gasteiger partial charge in [0.05, 0.1) is 11.6 Å². The molecule has 3 heteroatoms. The average molecular weight is 544 g/mol. The highest BCUT2D eigenvalue weighted by Gasteiger charge is 2.43. The van der Waals surface area contributed by atoms with E-state index in [0.717, 1.165) is 11.1 Å². The molecule has 0 spiro atoms. The van der Waals surface area contributed by atoms with Gasteiger partial charge < -0.3 is 0 Å². The summed E-state index contributed by atoms with van der Waals surface area (Å²) >= 11 is 1.90. The molecule has 40 heavy (non-hydrogen) atoms. The van der Waals surface area contributed by atoms with Crippen LogP contribution in [0.5, 0.6) is 0 Å². The lowest BCUT2D eigenvalue weighted by atomic mass is 10.0. The Morgan fingerprint density at radius 2 is 1.12 bits per heavy atom. The summed E-state index contributed by atoms with van der Waals surface area (Å²) in [6.45, 7) is 0. The monoisotopic (exact) mass is 543 g/mol. The van der Waals surface area contributed by atoms with Crippen LogP contribution in [0.1, 0.15) is 5.56 Å². The molecular formula is C37H25NSSi. The molecule has 0 aliphatic carbocycles. The third-order valence-electron chi connectivity index (χ3n) is 7.88. The Bertz CT molecular complexity index is 1980. The second-order valence-corrected chi connectivity index (χ2v) is 14.8. The number of fused-ring (bicyclic) bond motifs is 3. The van der Waals surface area contributed by atoms with Crippen LogP contribution in [-0.4, -0.2) is 8.07 Å². The van der Waals surface area contributed by atoms with Crippen molar-refractivity contribution in [2.75, 3.05) is 0 Å². The van der Waals surface area contributed by atoms with Gasteiger partial charge >= 0.3 is 0 Å². The molecule has 0 unspecified atom stereocenters. The van der Waals surface area contributed by atoms with Crippen LogP contribution < -0.4 is 20.7 Å². The standard InChI is InChI=1S/C37H25NSSi/c38-26-28-13-7-8-20-32(28)27-14-11-19-31(25-27)40(29-15-3-1-4-16-29,30-17-5-2-6-18-30)36-24-12-22-34-33-21-9-10-23-35(33)39-37(34)36/h1-25H. The van der Waals surface area contributed by atoms with Gasteiger partial charge in [0.15, 0.2) is 8.07 Å². The molecule has 1 heterocycles. The van der Waals surface area contributed by atoms with Gasteiger partial charge in [-0.2, -0.15) is 5.26 Å². The zero-order chi connectivity index (χ0) is 26.9. The van der Waals surface area contributed by atoms with Gasteiger partial charge in [0.25, 0.3) is 0 Å². The fraction of sp³-hybridized carbons (Fsp3) is 0. The van der Waals surface area contributed by atoms with Crippen molar-refractivity contribution in [2.45, 2.75) is 0 Å². The normalized spacial score (nSPS) is 11.5. The number of hydrogen-bond donors (Lipinski definition) is 0. The molecule has 0 bridgehead atoms. The van der Waals surface area contributed by atoms with Crippen LogP contribution in [0.2, 0.25) is 0 Å². The first-order valence-electron chi connectivity index (χ1n) is 13.4. The van der Waals surface area contributed by atoms with E-state index in [9.17, 15) is 5.26 Å². The highest BCUT2D eigenvalue weighted by atomic mass is 32.1. The Hall–Kier alpha value is -4.75. The molecular weight excluding hydrogens is 519 g/mol. The van der Waals surface area contributed by atoms with Crippen LogP contribution >= 0.6 is 11.3 Å². The van der Waals surface area contributed by atoms with Crippen molar-refractivity contribution in [1.82, 2.24) is 0 Å². The van der Waals surface area contributed by atoms with E-state index >= 15 is 0 Å². The summed E-state index contributed by atoms with van der Waals surface area (Å²) in [7, 11) is -2.79. The maximum atomic E-state index is 9.89. The van der Waals surface area contributed by atoms with Crippen LogP contribution in [0.3, 0.4) is 0 Å². The molecule has 0 fully saturated rings. The number of thiophene rings is 1. The topological polar surface area (TPSA) is 23.8 Å². The Labute approximate surface area is 239 Å². The van der Waals surface area contributed by atoms with Crippen LogP contribution in [0, 0.1) is 11.3 Å². The molecule has 0 saturated heterocycles. The minimum absolute atomic E-state index is 0.693. The summed E-state index contributed by atoms with van der Waals surface area (Å²) in [6, 6.07) is 57.0. The summed E-state index contributed by atoms with van der Waals surface area (Å²) in [6.07, 6.45) is 0. The molecule has 0 atom stereocenters. The van der Waals surface area contributed by atoms with Crippen LogP contribution in [0.15, 0.2) is 152 Å². The lowest BCUT2D eigenvalue weighted by Gasteiger charge is -2.35. The fourth-order valence-corrected chi connectivity index (χ4v) is 12.7. The van der Waals surface area contributed by atoms with Crippen LogP contribution in [0.25, 0.3) is 31.3 Å². The molecule has 188 valence electrons. The number of nitriles is 1. The van der Waals surface area contributed by atoms with Gasteiger partial charge in [-0.05, 0) is 44.0 Å². The van der Waals surface area contributed by atoms with E-state index in [4.69, 9.17) is 0 Å². The third-order valence-corrected chi connectivity index (χ3v) is 14.1. The van der Waals surface area contributed by atoms with Crippen LogP contribution in [-0.2, 0) is 0 Å². The fourth-order valence-electron chi connectivity index (χ4n) is 6.14. The van der Waals surface area contributed by atoms with E-state index in [0.29, 0.717) is 5.56 Å². The van der Waals surface area contributed by atoms with Crippen molar-refractivity contribution in [3.63, 3.8) is 0 Å². The molecule has 6 aromatic carbocycles. The average Bonchev–Trinajstić information content (AvgIpc) is 3.42. The highest BCUT2D eigenvalue weighted by molar-refractivity contribution is 7.30. The lowest BCUT2D eigenvalue weighted by Crippen LogP contribution is -2.74. The first-order valence-corrected chi connectivity index (χ1v) is 16.2. The molecule has 0 saturated carbocycles. The molecule has 1 nitrogen and oxygen atoms in total. The van der Waals surface area contributed by atoms with Crippen molar-refractivity contribution in [1.29, 1.82) is 5.26 Å². The van der Waals surface area contributed by atoms with E-state index in [-0.39, 0.29) is 0 Å². The van der Waals surface area contributed by atoms with Crippen molar-refractivity contribution >= 4 is 60.3 Å². The number of hydrogen-bond acceptors (Lipinski definition) is 2. The first kappa shape index (κ1) is 24.3. The number of benzene rings is 6. The van der Waals surface area contributed by atoms with Gasteiger partial charge in [-0.25, -0.2) is 0 Å². The smallest absolute Gasteiger partial charge is 0.181 e. The summed E-state index contributed by atoms with van der Waals surface area (Å²) in [5.74, 6) is 0. The first-order chi connectivity index (χ1) is 19.8. The van der Waals surface area contributed by atoms with Gasteiger partial charge in [-0.1, -0.05) is 140 Å². The number of rotatable bonds is 5. The second kappa shape index (κ2) is 10.1. The summed E-state index contributed by atoms with van der Waals surface area (Å²) in [5.41, 5.74) is 2.73. The molecule has 0 aliphatic rings. The predicted octanol–water partition coefficient (Wildman–Crippen LogP) is 6.97. The van der Waals surface area contributed by atoms with E-state index in [1.807, 2.05) is 29.5 Å². The molecule has 1 aromatic heterocycles. The SMILES string of the molecule is N#Cc1ccccc1-c1cccc([Si](c2ccccc2)(c2ccccc2)c2cccc3c2sc2ccccc23)c1. The zero-order valence-electron chi connectivity index (χ0n) is 21.8. The van der Waals surface area contributed by atoms with Gasteiger partial charge in [-0.3, -0.25) is 0 Å².